The molecule has 3 rings (SSSR count). The minimum Gasteiger partial charge on any atom is -0.398 e. The lowest BCUT2D eigenvalue weighted by Crippen LogP contribution is -1.91. The highest BCUT2D eigenvalue weighted by Gasteiger charge is 2.16. The van der Waals surface area contributed by atoms with E-state index in [4.69, 9.17) is 10.3 Å². The van der Waals surface area contributed by atoms with Crippen molar-refractivity contribution in [2.75, 3.05) is 5.73 Å². The maximum absolute atomic E-state index is 5.94. The lowest BCUT2D eigenvalue weighted by Gasteiger charge is -2.00. The number of rotatable bonds is 2. The van der Waals surface area contributed by atoms with Gasteiger partial charge in [-0.1, -0.05) is 21.1 Å². The summed E-state index contributed by atoms with van der Waals surface area (Å²) in [6.07, 6.45) is 1.67. The Hall–Kier alpha value is -1.25. The van der Waals surface area contributed by atoms with Crippen molar-refractivity contribution in [3.8, 4) is 23.0 Å². The lowest BCUT2D eigenvalue weighted by atomic mass is 10.2. The van der Waals surface area contributed by atoms with Gasteiger partial charge in [-0.2, -0.15) is 4.98 Å². The van der Waals surface area contributed by atoms with Crippen LogP contribution in [0.4, 0.5) is 5.69 Å². The molecule has 8 heteroatoms. The average molecular weight is 475 g/mol. The smallest absolute Gasteiger partial charge is 0.260 e. The van der Waals surface area contributed by atoms with Gasteiger partial charge < -0.3 is 10.3 Å². The second-order valence-corrected chi connectivity index (χ2v) is 6.82. The van der Waals surface area contributed by atoms with Crippen LogP contribution in [0.15, 0.2) is 48.4 Å². The van der Waals surface area contributed by atoms with E-state index in [1.165, 1.54) is 0 Å². The molecule has 2 aromatic heterocycles. The van der Waals surface area contributed by atoms with Crippen LogP contribution in [0.5, 0.6) is 0 Å². The van der Waals surface area contributed by atoms with Gasteiger partial charge in [-0.3, -0.25) is 4.98 Å². The van der Waals surface area contributed by atoms with Gasteiger partial charge >= 0.3 is 0 Å². The van der Waals surface area contributed by atoms with E-state index in [-0.39, 0.29) is 0 Å². The fourth-order valence-electron chi connectivity index (χ4n) is 1.72. The first-order valence-corrected chi connectivity index (χ1v) is 8.13. The summed E-state index contributed by atoms with van der Waals surface area (Å²) in [6, 6.07) is 7.32. The van der Waals surface area contributed by atoms with Crippen LogP contribution in [0.25, 0.3) is 23.0 Å². The average Bonchev–Trinajstić information content (AvgIpc) is 2.91. The molecule has 0 saturated carbocycles. The third kappa shape index (κ3) is 3.02. The molecule has 2 N–H and O–H groups in total. The Bertz CT molecular complexity index is 819. The minimum atomic E-state index is 0.348. The van der Waals surface area contributed by atoms with Crippen molar-refractivity contribution >= 4 is 53.5 Å². The molecule has 0 radical (unpaired) electrons. The topological polar surface area (TPSA) is 77.8 Å². The fourth-order valence-corrected chi connectivity index (χ4v) is 3.25. The van der Waals surface area contributed by atoms with Crippen LogP contribution in [0.3, 0.4) is 0 Å². The lowest BCUT2D eigenvalue weighted by molar-refractivity contribution is 0.432. The van der Waals surface area contributed by atoms with Gasteiger partial charge in [0.1, 0.15) is 5.69 Å². The molecule has 21 heavy (non-hydrogen) atoms. The van der Waals surface area contributed by atoms with Crippen molar-refractivity contribution in [2.24, 2.45) is 0 Å². The monoisotopic (exact) mass is 472 g/mol. The Kier molecular flexibility index (Phi) is 4.10. The maximum Gasteiger partial charge on any atom is 0.260 e. The van der Waals surface area contributed by atoms with Gasteiger partial charge in [-0.05, 0) is 56.1 Å². The van der Waals surface area contributed by atoms with Crippen LogP contribution in [-0.2, 0) is 0 Å². The van der Waals surface area contributed by atoms with Crippen LogP contribution >= 0.6 is 47.8 Å². The molecule has 5 nitrogen and oxygen atoms in total. The highest BCUT2D eigenvalue weighted by atomic mass is 79.9. The summed E-state index contributed by atoms with van der Waals surface area (Å²) >= 11 is 10.2. The second-order valence-electron chi connectivity index (χ2n) is 4.14. The molecule has 0 amide bonds. The molecule has 0 aliphatic carbocycles. The Morgan fingerprint density at radius 3 is 2.62 bits per heavy atom. The largest absolute Gasteiger partial charge is 0.398 e. The third-order valence-electron chi connectivity index (χ3n) is 2.69. The van der Waals surface area contributed by atoms with Crippen molar-refractivity contribution in [1.29, 1.82) is 0 Å². The Morgan fingerprint density at radius 2 is 1.86 bits per heavy atom. The van der Waals surface area contributed by atoms with Crippen LogP contribution in [0, 0.1) is 0 Å². The molecule has 0 atom stereocenters. The van der Waals surface area contributed by atoms with E-state index >= 15 is 0 Å². The molecule has 0 saturated heterocycles. The quantitative estimate of drug-likeness (QED) is 0.546. The van der Waals surface area contributed by atoms with Gasteiger partial charge in [0.05, 0.1) is 5.56 Å². The zero-order chi connectivity index (χ0) is 15.0. The summed E-state index contributed by atoms with van der Waals surface area (Å²) in [4.78, 5) is 8.63. The number of aromatic nitrogens is 3. The summed E-state index contributed by atoms with van der Waals surface area (Å²) < 4.78 is 7.80. The van der Waals surface area contributed by atoms with Crippen molar-refractivity contribution < 1.29 is 4.52 Å². The zero-order valence-corrected chi connectivity index (χ0v) is 15.1. The van der Waals surface area contributed by atoms with Gasteiger partial charge in [0.25, 0.3) is 5.89 Å². The van der Waals surface area contributed by atoms with Crippen molar-refractivity contribution in [3.63, 3.8) is 0 Å². The van der Waals surface area contributed by atoms with Crippen LogP contribution < -0.4 is 5.73 Å². The minimum absolute atomic E-state index is 0.348. The Morgan fingerprint density at radius 1 is 1.05 bits per heavy atom. The van der Waals surface area contributed by atoms with Crippen LogP contribution in [0.1, 0.15) is 0 Å². The third-order valence-corrected chi connectivity index (χ3v) is 4.22. The second kappa shape index (κ2) is 5.86. The fraction of sp³-hybridized carbons (Fsp3) is 0. The highest BCUT2D eigenvalue weighted by molar-refractivity contribution is 9.11. The molecule has 0 unspecified atom stereocenters. The van der Waals surface area contributed by atoms with E-state index in [0.29, 0.717) is 28.7 Å². The van der Waals surface area contributed by atoms with E-state index in [0.717, 1.165) is 13.4 Å². The normalized spacial score (nSPS) is 10.8. The number of pyridine rings is 1. The Labute approximate surface area is 145 Å². The number of hydrogen-bond donors (Lipinski definition) is 1. The van der Waals surface area contributed by atoms with E-state index in [2.05, 4.69) is 62.9 Å². The highest BCUT2D eigenvalue weighted by Crippen LogP contribution is 2.31. The van der Waals surface area contributed by atoms with Crippen LogP contribution in [0.2, 0.25) is 0 Å². The molecule has 0 bridgehead atoms. The molecule has 0 fully saturated rings. The van der Waals surface area contributed by atoms with Gasteiger partial charge in [0, 0.05) is 25.3 Å². The summed E-state index contributed by atoms with van der Waals surface area (Å²) in [5.41, 5.74) is 7.78. The van der Waals surface area contributed by atoms with Gasteiger partial charge in [-0.25, -0.2) is 0 Å². The summed E-state index contributed by atoms with van der Waals surface area (Å²) in [5.74, 6) is 0.740. The summed E-state index contributed by atoms with van der Waals surface area (Å²) in [7, 11) is 0. The molecular weight excluding hydrogens is 468 g/mol. The Balaban J connectivity index is 2.06. The predicted octanol–water partition coefficient (Wildman–Crippen LogP) is 4.67. The first-order chi connectivity index (χ1) is 10.0. The molecule has 0 spiro atoms. The summed E-state index contributed by atoms with van der Waals surface area (Å²) in [6.45, 7) is 0. The summed E-state index contributed by atoms with van der Waals surface area (Å²) in [5, 5.41) is 3.96. The van der Waals surface area contributed by atoms with Gasteiger partial charge in [0.2, 0.25) is 5.82 Å². The predicted molar refractivity (Wildman–Crippen MR) is 90.5 cm³/mol. The van der Waals surface area contributed by atoms with Crippen LogP contribution in [-0.4, -0.2) is 15.1 Å². The van der Waals surface area contributed by atoms with Crippen molar-refractivity contribution in [1.82, 2.24) is 15.1 Å². The van der Waals surface area contributed by atoms with E-state index in [1.54, 1.807) is 12.3 Å². The molecular formula is C13H7Br3N4O. The first kappa shape index (κ1) is 14.7. The number of nitrogens with two attached hydrogens (primary N) is 1. The standard InChI is InChI=1S/C13H7Br3N4O/c14-6-1-2-10(17)8(3-6)13-19-12(20-21-13)11-9(16)4-7(15)5-18-11/h1-5H,17H2. The SMILES string of the molecule is Nc1ccc(Br)cc1-c1nc(-c2ncc(Br)cc2Br)no1. The molecule has 3 aromatic rings. The van der Waals surface area contributed by atoms with E-state index in [9.17, 15) is 0 Å². The number of benzene rings is 1. The molecule has 2 heterocycles. The van der Waals surface area contributed by atoms with Crippen molar-refractivity contribution in [3.05, 3.63) is 43.9 Å². The zero-order valence-electron chi connectivity index (χ0n) is 10.3. The number of halogens is 3. The molecule has 106 valence electrons. The molecule has 1 aromatic carbocycles. The molecule has 0 aliphatic rings. The van der Waals surface area contributed by atoms with E-state index < -0.39 is 0 Å². The van der Waals surface area contributed by atoms with Crippen molar-refractivity contribution in [2.45, 2.75) is 0 Å². The number of hydrogen-bond acceptors (Lipinski definition) is 5. The van der Waals surface area contributed by atoms with Gasteiger partial charge in [-0.15, -0.1) is 0 Å². The maximum atomic E-state index is 5.94. The van der Waals surface area contributed by atoms with E-state index in [1.807, 2.05) is 18.2 Å². The van der Waals surface area contributed by atoms with Gasteiger partial charge in [0.15, 0.2) is 0 Å². The number of nitrogen functional groups attached to an aromatic ring is 1. The first-order valence-electron chi connectivity index (χ1n) is 5.75. The number of nitrogens with zero attached hydrogens (tertiary/aromatic N) is 3. The number of anilines is 1. The molecule has 0 aliphatic heterocycles.